The van der Waals surface area contributed by atoms with E-state index < -0.39 is 125 Å². The van der Waals surface area contributed by atoms with E-state index in [0.717, 1.165) is 0 Å². The maximum absolute atomic E-state index is 13.4. The molecule has 3 aliphatic rings. The van der Waals surface area contributed by atoms with E-state index in [-0.39, 0.29) is 70.4 Å². The molecular formula is C39H66N7O23P. The molecule has 0 spiro atoms. The Morgan fingerprint density at radius 1 is 0.986 bits per heavy atom. The molecule has 31 heteroatoms. The average molecular weight is 1030 g/mol. The van der Waals surface area contributed by atoms with E-state index in [1.165, 1.54) is 31.4 Å². The van der Waals surface area contributed by atoms with Crippen molar-refractivity contribution in [2.75, 3.05) is 93.4 Å². The van der Waals surface area contributed by atoms with Crippen molar-refractivity contribution in [2.45, 2.75) is 92.5 Å². The molecule has 400 valence electrons. The Kier molecular flexibility index (Phi) is 26.0. The summed E-state index contributed by atoms with van der Waals surface area (Å²) in [6.45, 7) is 2.10. The molecule has 2 fully saturated rings. The zero-order chi connectivity index (χ0) is 51.9. The fraction of sp³-hybridized carbons (Fsp3) is 0.744. The van der Waals surface area contributed by atoms with Gasteiger partial charge in [0.15, 0.2) is 12.5 Å². The van der Waals surface area contributed by atoms with E-state index in [2.05, 4.69) is 32.8 Å². The summed E-state index contributed by atoms with van der Waals surface area (Å²) in [6.07, 6.45) is -14.2. The second-order valence-corrected chi connectivity index (χ2v) is 16.9. The number of methoxy groups -OCH3 is 2. The van der Waals surface area contributed by atoms with Crippen LogP contribution >= 0.6 is 7.82 Å². The number of alkyl carbamates (subject to hydrolysis) is 2. The summed E-state index contributed by atoms with van der Waals surface area (Å²) in [6, 6.07) is -3.07. The number of nitrogens with zero attached hydrogens (tertiary/aromatic N) is 2. The molecule has 3 heterocycles. The number of aldehydes is 1. The fourth-order valence-electron chi connectivity index (χ4n) is 6.71. The van der Waals surface area contributed by atoms with Crippen LogP contribution in [0.3, 0.4) is 0 Å². The van der Waals surface area contributed by atoms with Crippen molar-refractivity contribution in [2.24, 2.45) is 10.7 Å². The van der Waals surface area contributed by atoms with Crippen molar-refractivity contribution < 1.29 is 111 Å². The van der Waals surface area contributed by atoms with Crippen LogP contribution in [-0.4, -0.2) is 237 Å². The van der Waals surface area contributed by atoms with Crippen LogP contribution in [0.4, 0.5) is 9.59 Å². The molecular weight excluding hydrogens is 965 g/mol. The molecule has 4 amide bonds. The third kappa shape index (κ3) is 19.6. The van der Waals surface area contributed by atoms with Gasteiger partial charge in [0.1, 0.15) is 67.5 Å². The monoisotopic (exact) mass is 1030 g/mol. The van der Waals surface area contributed by atoms with Gasteiger partial charge in [0, 0.05) is 33.4 Å². The van der Waals surface area contributed by atoms with Crippen molar-refractivity contribution in [1.82, 2.24) is 26.2 Å². The first-order valence-corrected chi connectivity index (χ1v) is 23.3. The van der Waals surface area contributed by atoms with Gasteiger partial charge in [-0.2, -0.15) is 0 Å². The van der Waals surface area contributed by atoms with Gasteiger partial charge in [-0.15, -0.1) is 0 Å². The summed E-state index contributed by atoms with van der Waals surface area (Å²) >= 11 is 0. The maximum atomic E-state index is 13.4. The van der Waals surface area contributed by atoms with Gasteiger partial charge in [-0.05, 0) is 25.3 Å². The number of amides is 4. The Hall–Kier alpha value is -4.47. The zero-order valence-electron chi connectivity index (χ0n) is 38.6. The molecule has 0 saturated carbocycles. The number of phosphoric ester groups is 1. The van der Waals surface area contributed by atoms with E-state index in [9.17, 15) is 64.1 Å². The number of nitrogens with two attached hydrogens (primary N) is 1. The standard InChI is InChI=1S/C39H66N7O23P/c1-23-43-28(40)7-9-46(23)36-33(54)32(53)27(67-36)21-66-70(58,59)69-39(22-48)18-25(49)30(34(68-39)31(52)26(50)20-47)45-29(51)19-42-35(55)24(44-38(57)65-17-15-63-13-11-61-3)6-4-5-8-41-37(56)64-16-14-62-12-10-60-2/h7,9,22,24-27,30-34,36,47,49-50,52-54H,1,4-6,8,10-21H2,2-3H3,(H2,40,43)(H,41,56)(H,42,55)(H,44,57)(H,45,51)(H,58,59)/t24?,25-,26-,27?,30-,31-,32-,33-,34?,36?,39-/m1/s1. The predicted octanol–water partition coefficient (Wildman–Crippen LogP) is -5.10. The average Bonchev–Trinajstić information content (AvgIpc) is 3.60. The molecule has 5 unspecified atom stereocenters. The zero-order valence-corrected chi connectivity index (χ0v) is 39.5. The third-order valence-electron chi connectivity index (χ3n) is 10.3. The van der Waals surface area contributed by atoms with Crippen molar-refractivity contribution in [3.63, 3.8) is 0 Å². The van der Waals surface area contributed by atoms with Gasteiger partial charge in [-0.1, -0.05) is 6.58 Å². The number of hydrogen-bond donors (Lipinski definition) is 12. The molecule has 30 nitrogen and oxygen atoms in total. The van der Waals surface area contributed by atoms with Crippen LogP contribution in [0.1, 0.15) is 25.7 Å². The van der Waals surface area contributed by atoms with Crippen LogP contribution in [0, 0.1) is 0 Å². The number of aliphatic hydroxyl groups excluding tert-OH is 6. The summed E-state index contributed by atoms with van der Waals surface area (Å²) < 4.78 is 64.7. The lowest BCUT2D eigenvalue weighted by Crippen LogP contribution is -2.67. The van der Waals surface area contributed by atoms with Crippen LogP contribution < -0.4 is 27.0 Å². The number of hydrogen-bond acceptors (Lipinski definition) is 25. The number of amidine groups is 1. The lowest BCUT2D eigenvalue weighted by Gasteiger charge is -2.46. The highest BCUT2D eigenvalue weighted by atomic mass is 31.2. The van der Waals surface area contributed by atoms with Gasteiger partial charge in [-0.25, -0.2) is 23.7 Å². The van der Waals surface area contributed by atoms with Crippen molar-refractivity contribution >= 4 is 43.9 Å². The Bertz CT molecular complexity index is 1800. The summed E-state index contributed by atoms with van der Waals surface area (Å²) in [4.78, 5) is 79.6. The van der Waals surface area contributed by atoms with Crippen molar-refractivity contribution in [3.05, 3.63) is 24.7 Å². The van der Waals surface area contributed by atoms with Gasteiger partial charge in [0.05, 0.1) is 71.5 Å². The van der Waals surface area contributed by atoms with Crippen molar-refractivity contribution in [1.29, 1.82) is 0 Å². The van der Waals surface area contributed by atoms with E-state index in [1.54, 1.807) is 0 Å². The molecule has 0 aromatic rings. The molecule has 12 atom stereocenters. The number of carbonyl (C=O) groups excluding carboxylic acids is 5. The first-order valence-electron chi connectivity index (χ1n) is 21.8. The summed E-state index contributed by atoms with van der Waals surface area (Å²) in [5, 5.41) is 72.9. The van der Waals surface area contributed by atoms with Crippen LogP contribution in [0.25, 0.3) is 0 Å². The minimum atomic E-state index is -5.49. The van der Waals surface area contributed by atoms with E-state index in [1.807, 2.05) is 0 Å². The van der Waals surface area contributed by atoms with Crippen LogP contribution in [0.2, 0.25) is 0 Å². The summed E-state index contributed by atoms with van der Waals surface area (Å²) in [5.41, 5.74) is 5.64. The predicted molar refractivity (Wildman–Crippen MR) is 234 cm³/mol. The van der Waals surface area contributed by atoms with Crippen LogP contribution in [-0.2, 0) is 65.9 Å². The Morgan fingerprint density at radius 2 is 1.63 bits per heavy atom. The minimum Gasteiger partial charge on any atom is -0.447 e. The highest BCUT2D eigenvalue weighted by Crippen LogP contribution is 2.50. The van der Waals surface area contributed by atoms with Crippen LogP contribution in [0.5, 0.6) is 0 Å². The van der Waals surface area contributed by atoms with Gasteiger partial charge >= 0.3 is 20.0 Å². The Morgan fingerprint density at radius 3 is 2.24 bits per heavy atom. The molecule has 0 aromatic carbocycles. The smallest absolute Gasteiger partial charge is 0.447 e. The van der Waals surface area contributed by atoms with E-state index in [4.69, 9.17) is 52.7 Å². The Balaban J connectivity index is 1.63. The van der Waals surface area contributed by atoms with Gasteiger partial charge in [0.2, 0.25) is 17.6 Å². The topological polar surface area (TPSA) is 426 Å². The van der Waals surface area contributed by atoms with Crippen molar-refractivity contribution in [3.8, 4) is 0 Å². The maximum Gasteiger partial charge on any atom is 0.475 e. The number of rotatable bonds is 32. The molecule has 0 aliphatic carbocycles. The highest BCUT2D eigenvalue weighted by Gasteiger charge is 2.55. The number of nitrogens with one attached hydrogen (secondary N) is 4. The number of aliphatic hydroxyl groups is 6. The minimum absolute atomic E-state index is 0.00776. The van der Waals surface area contributed by atoms with E-state index >= 15 is 0 Å². The number of aliphatic imine (C=N–C) groups is 1. The first-order chi connectivity index (χ1) is 33.3. The lowest BCUT2D eigenvalue weighted by atomic mass is 9.89. The molecule has 3 rings (SSSR count). The largest absolute Gasteiger partial charge is 0.475 e. The molecule has 3 aliphatic heterocycles. The number of carbonyl (C=O) groups is 5. The van der Waals surface area contributed by atoms with Crippen LogP contribution in [0.15, 0.2) is 29.7 Å². The SMILES string of the molecule is C=C1N=C(N)C=CN1C1OC(COP(=O)(O)O[C@@]2(C=O)C[C@@H](O)[C@@H](NC(=O)CNC(=O)C(CCCCNC(=O)OCCOCCOC)NC(=O)OCCOCCOC)C([C@H](O)[C@H](O)CO)O2)[C@@H](O)[C@H]1O. The number of unbranched alkanes of at least 4 members (excludes halogenated alkanes) is 1. The molecule has 0 bridgehead atoms. The third-order valence-corrected chi connectivity index (χ3v) is 11.3. The quantitative estimate of drug-likeness (QED) is 0.0170. The van der Waals surface area contributed by atoms with Gasteiger partial charge in [0.25, 0.3) is 0 Å². The summed E-state index contributed by atoms with van der Waals surface area (Å²) in [7, 11) is -2.50. The summed E-state index contributed by atoms with van der Waals surface area (Å²) in [5.74, 6) is -4.78. The lowest BCUT2D eigenvalue weighted by molar-refractivity contribution is -0.274. The first kappa shape index (κ1) is 59.8. The molecule has 0 aromatic heterocycles. The molecule has 2 saturated heterocycles. The molecule has 0 radical (unpaired) electrons. The second-order valence-electron chi connectivity index (χ2n) is 15.5. The van der Waals surface area contributed by atoms with E-state index in [0.29, 0.717) is 26.2 Å². The number of ether oxygens (including phenoxy) is 8. The second kappa shape index (κ2) is 30.4. The fourth-order valence-corrected chi connectivity index (χ4v) is 7.65. The normalized spacial score (nSPS) is 26.5. The van der Waals surface area contributed by atoms with Gasteiger partial charge in [-0.3, -0.25) is 18.9 Å². The van der Waals surface area contributed by atoms with Gasteiger partial charge < -0.3 is 105 Å². The molecule has 13 N–H and O–H groups in total. The number of phosphoric acid groups is 1. The highest BCUT2D eigenvalue weighted by molar-refractivity contribution is 7.47. The Labute approximate surface area is 401 Å². The molecule has 70 heavy (non-hydrogen) atoms.